The Balaban J connectivity index is 0. The van der Waals surface area contributed by atoms with Crippen molar-refractivity contribution in [1.29, 1.82) is 0 Å². The van der Waals surface area contributed by atoms with Crippen LogP contribution in [0.2, 0.25) is 0 Å². The molecule has 0 aliphatic rings. The summed E-state index contributed by atoms with van der Waals surface area (Å²) >= 11 is 0. The molecule has 0 aromatic rings. The molecule has 1 N–H and O–H groups in total. The monoisotopic (exact) mass is 309 g/mol. The Hall–Kier alpha value is -0.921. The van der Waals surface area contributed by atoms with Crippen LogP contribution in [0.3, 0.4) is 0 Å². The van der Waals surface area contributed by atoms with Gasteiger partial charge in [0.1, 0.15) is 0 Å². The van der Waals surface area contributed by atoms with Crippen LogP contribution >= 0.6 is 0 Å². The van der Waals surface area contributed by atoms with Gasteiger partial charge in [0, 0.05) is 30.2 Å². The number of nitrogens with zero attached hydrogens (tertiary/aromatic N) is 2. The van der Waals surface area contributed by atoms with E-state index in [0.29, 0.717) is 0 Å². The van der Waals surface area contributed by atoms with Crippen LogP contribution in [-0.4, -0.2) is 85.4 Å². The van der Waals surface area contributed by atoms with Crippen LogP contribution in [-0.2, 0) is 36.2 Å². The molecule has 7 nitrogen and oxygen atoms in total. The SMILES string of the molecule is O=[C-]CN(C[C-]=O)CC(O)CN(C[C-]=O)C[C-]=O.[Mn]. The molecule has 0 unspecified atom stereocenters. The van der Waals surface area contributed by atoms with Gasteiger partial charge in [0.25, 0.3) is 0 Å². The molecule has 0 saturated carbocycles. The molecule has 8 heteroatoms. The number of hydrogen-bond donors (Lipinski definition) is 1. The summed E-state index contributed by atoms with van der Waals surface area (Å²) in [6.45, 7) is -0.396. The van der Waals surface area contributed by atoms with Gasteiger partial charge < -0.3 is 34.1 Å². The standard InChI is InChI=1S/C11H14N2O5.Mn/c14-5-1-12(2-6-15)9-11(18)10-13(3-7-16)4-8-17;/h11,18H,1-4,9-10H2;/q-4;. The van der Waals surface area contributed by atoms with Crippen LogP contribution in [0.1, 0.15) is 0 Å². The van der Waals surface area contributed by atoms with E-state index in [2.05, 4.69) is 0 Å². The summed E-state index contributed by atoms with van der Waals surface area (Å²) in [5.74, 6) is 0. The average molecular weight is 309 g/mol. The van der Waals surface area contributed by atoms with E-state index in [9.17, 15) is 24.3 Å². The van der Waals surface area contributed by atoms with Crippen LogP contribution in [0.15, 0.2) is 0 Å². The van der Waals surface area contributed by atoms with E-state index >= 15 is 0 Å². The van der Waals surface area contributed by atoms with E-state index in [0.717, 1.165) is 0 Å². The summed E-state index contributed by atoms with van der Waals surface area (Å²) in [6.07, 6.45) is 5.51. The van der Waals surface area contributed by atoms with Gasteiger partial charge in [-0.3, -0.25) is 25.1 Å². The van der Waals surface area contributed by atoms with E-state index in [-0.39, 0.29) is 56.3 Å². The largest absolute Gasteiger partial charge is 0.541 e. The molecule has 0 aliphatic heterocycles. The first-order chi connectivity index (χ1) is 8.67. The van der Waals surface area contributed by atoms with Crippen molar-refractivity contribution < 1.29 is 41.4 Å². The number of hydrogen-bond acceptors (Lipinski definition) is 7. The second-order valence-corrected chi connectivity index (χ2v) is 3.57. The second kappa shape index (κ2) is 13.5. The van der Waals surface area contributed by atoms with Crippen molar-refractivity contribution >= 4 is 25.1 Å². The Morgan fingerprint density at radius 1 is 0.737 bits per heavy atom. The predicted molar refractivity (Wildman–Crippen MR) is 61.7 cm³/mol. The van der Waals surface area contributed by atoms with Crippen molar-refractivity contribution in [2.24, 2.45) is 0 Å². The molecule has 0 aromatic carbocycles. The molecule has 0 spiro atoms. The molecule has 0 rings (SSSR count). The van der Waals surface area contributed by atoms with Crippen LogP contribution in [0, 0.1) is 0 Å². The van der Waals surface area contributed by atoms with Gasteiger partial charge >= 0.3 is 0 Å². The number of carbonyl (C=O) groups excluding carboxylic acids is 4. The van der Waals surface area contributed by atoms with Gasteiger partial charge in [-0.2, -0.15) is 0 Å². The molecule has 1 radical (unpaired) electrons. The van der Waals surface area contributed by atoms with Gasteiger partial charge in [-0.25, -0.2) is 0 Å². The van der Waals surface area contributed by atoms with Crippen molar-refractivity contribution in [1.82, 2.24) is 9.80 Å². The fraction of sp³-hybridized carbons (Fsp3) is 0.636. The van der Waals surface area contributed by atoms with Crippen molar-refractivity contribution in [3.05, 3.63) is 0 Å². The quantitative estimate of drug-likeness (QED) is 0.312. The number of rotatable bonds is 12. The molecule has 0 fully saturated rings. The summed E-state index contributed by atoms with van der Waals surface area (Å²) in [4.78, 5) is 43.5. The molecule has 109 valence electrons. The maximum absolute atomic E-state index is 10.2. The molecule has 0 heterocycles. The molecule has 19 heavy (non-hydrogen) atoms. The van der Waals surface area contributed by atoms with Gasteiger partial charge in [-0.1, -0.05) is 0 Å². The number of aliphatic hydroxyl groups is 1. The minimum Gasteiger partial charge on any atom is -0.541 e. The van der Waals surface area contributed by atoms with Gasteiger partial charge in [0.15, 0.2) is 0 Å². The topological polar surface area (TPSA) is 95.0 Å². The van der Waals surface area contributed by atoms with Gasteiger partial charge in [0.05, 0.1) is 6.10 Å². The first-order valence-corrected chi connectivity index (χ1v) is 5.20. The minimum atomic E-state index is -0.923. The third kappa shape index (κ3) is 10.7. The number of aliphatic hydroxyl groups excluding tert-OH is 1. The predicted octanol–water partition coefficient (Wildman–Crippen LogP) is -2.61. The van der Waals surface area contributed by atoms with Crippen molar-refractivity contribution in [3.63, 3.8) is 0 Å². The second-order valence-electron chi connectivity index (χ2n) is 3.57. The Labute approximate surface area is 122 Å². The van der Waals surface area contributed by atoms with Gasteiger partial charge in [-0.15, -0.1) is 26.2 Å². The minimum absolute atomic E-state index is 0. The Morgan fingerprint density at radius 2 is 1.00 bits per heavy atom. The maximum Gasteiger partial charge on any atom is 0.0790 e. The summed E-state index contributed by atoms with van der Waals surface area (Å²) in [6, 6.07) is 0. The molecular formula is C11H14MnN2O5-4. The summed E-state index contributed by atoms with van der Waals surface area (Å²) in [5.41, 5.74) is 0. The first kappa shape index (κ1) is 20.4. The summed E-state index contributed by atoms with van der Waals surface area (Å²) < 4.78 is 0. The van der Waals surface area contributed by atoms with Crippen LogP contribution in [0.5, 0.6) is 0 Å². The Kier molecular flexibility index (Phi) is 14.5. The van der Waals surface area contributed by atoms with E-state index in [1.54, 1.807) is 25.1 Å². The van der Waals surface area contributed by atoms with Crippen LogP contribution in [0.25, 0.3) is 0 Å². The zero-order valence-corrected chi connectivity index (χ0v) is 11.4. The van der Waals surface area contributed by atoms with E-state index < -0.39 is 6.10 Å². The fourth-order valence-corrected chi connectivity index (χ4v) is 1.39. The molecule has 0 aromatic heterocycles. The smallest absolute Gasteiger partial charge is 0.0790 e. The molecule has 0 bridgehead atoms. The zero-order chi connectivity index (χ0) is 13.8. The Morgan fingerprint density at radius 3 is 1.21 bits per heavy atom. The molecule has 0 saturated heterocycles. The van der Waals surface area contributed by atoms with Gasteiger partial charge in [-0.05, 0) is 0 Å². The summed E-state index contributed by atoms with van der Waals surface area (Å²) in [5, 5.41) is 9.69. The average Bonchev–Trinajstić information content (AvgIpc) is 2.30. The first-order valence-electron chi connectivity index (χ1n) is 5.20. The third-order valence-corrected chi connectivity index (χ3v) is 2.09. The zero-order valence-electron chi connectivity index (χ0n) is 10.2. The normalized spacial score (nSPS) is 10.3. The van der Waals surface area contributed by atoms with E-state index in [1.807, 2.05) is 0 Å². The molecule has 0 amide bonds. The molecule has 0 atom stereocenters. The van der Waals surface area contributed by atoms with Crippen molar-refractivity contribution in [2.45, 2.75) is 6.10 Å². The van der Waals surface area contributed by atoms with E-state index in [4.69, 9.17) is 0 Å². The fourth-order valence-electron chi connectivity index (χ4n) is 1.39. The van der Waals surface area contributed by atoms with Crippen molar-refractivity contribution in [3.8, 4) is 0 Å². The van der Waals surface area contributed by atoms with Crippen LogP contribution < -0.4 is 0 Å². The summed E-state index contributed by atoms with van der Waals surface area (Å²) in [7, 11) is 0. The van der Waals surface area contributed by atoms with Crippen LogP contribution in [0.4, 0.5) is 0 Å². The molecular weight excluding hydrogens is 295 g/mol. The Bertz CT molecular complexity index is 232. The van der Waals surface area contributed by atoms with E-state index in [1.165, 1.54) is 9.80 Å². The maximum atomic E-state index is 10.2. The van der Waals surface area contributed by atoms with Gasteiger partial charge in [0.2, 0.25) is 0 Å². The molecule has 0 aliphatic carbocycles. The van der Waals surface area contributed by atoms with Crippen molar-refractivity contribution in [2.75, 3.05) is 39.3 Å². The third-order valence-electron chi connectivity index (χ3n) is 2.09.